The van der Waals surface area contributed by atoms with Crippen LogP contribution in [0, 0.1) is 13.8 Å². The van der Waals surface area contributed by atoms with E-state index < -0.39 is 0 Å². The Morgan fingerprint density at radius 3 is 2.93 bits per heavy atom. The van der Waals surface area contributed by atoms with Crippen molar-refractivity contribution >= 4 is 0 Å². The van der Waals surface area contributed by atoms with Gasteiger partial charge in [-0.25, -0.2) is 0 Å². The SMILES string of the molecule is Cc1cc(C)nc(C[C@H]2CCCN2)c1. The van der Waals surface area contributed by atoms with Crippen LogP contribution in [0.2, 0.25) is 0 Å². The number of aromatic nitrogens is 1. The fourth-order valence-corrected chi connectivity index (χ4v) is 2.21. The van der Waals surface area contributed by atoms with E-state index in [1.807, 2.05) is 0 Å². The first kappa shape index (κ1) is 9.66. The minimum Gasteiger partial charge on any atom is -0.314 e. The molecule has 0 radical (unpaired) electrons. The first-order valence-corrected chi connectivity index (χ1v) is 5.41. The van der Waals surface area contributed by atoms with Gasteiger partial charge in [-0.2, -0.15) is 0 Å². The van der Waals surface area contributed by atoms with Gasteiger partial charge in [0.05, 0.1) is 0 Å². The molecule has 1 aromatic heterocycles. The van der Waals surface area contributed by atoms with Crippen LogP contribution >= 0.6 is 0 Å². The standard InChI is InChI=1S/C12H18N2/c1-9-6-10(2)14-12(7-9)8-11-4-3-5-13-11/h6-7,11,13H,3-5,8H2,1-2H3/t11-/m1/s1. The summed E-state index contributed by atoms with van der Waals surface area (Å²) in [4.78, 5) is 4.56. The quantitative estimate of drug-likeness (QED) is 0.771. The number of nitrogens with zero attached hydrogens (tertiary/aromatic N) is 1. The average Bonchev–Trinajstić information content (AvgIpc) is 2.54. The zero-order valence-electron chi connectivity index (χ0n) is 9.01. The number of pyridine rings is 1. The van der Waals surface area contributed by atoms with Crippen molar-refractivity contribution in [2.45, 2.75) is 39.2 Å². The summed E-state index contributed by atoms with van der Waals surface area (Å²) in [6, 6.07) is 4.99. The Hall–Kier alpha value is -0.890. The molecule has 2 nitrogen and oxygen atoms in total. The van der Waals surface area contributed by atoms with E-state index in [1.165, 1.54) is 30.6 Å². The minimum atomic E-state index is 0.656. The van der Waals surface area contributed by atoms with Crippen LogP contribution in [-0.4, -0.2) is 17.6 Å². The summed E-state index contributed by atoms with van der Waals surface area (Å²) in [7, 11) is 0. The van der Waals surface area contributed by atoms with E-state index in [0.29, 0.717) is 6.04 Å². The lowest BCUT2D eigenvalue weighted by Gasteiger charge is -2.10. The van der Waals surface area contributed by atoms with Crippen LogP contribution in [0.4, 0.5) is 0 Å². The minimum absolute atomic E-state index is 0.656. The summed E-state index contributed by atoms with van der Waals surface area (Å²) in [6.07, 6.45) is 3.70. The van der Waals surface area contributed by atoms with Crippen molar-refractivity contribution < 1.29 is 0 Å². The molecule has 2 heterocycles. The van der Waals surface area contributed by atoms with Crippen LogP contribution in [0.3, 0.4) is 0 Å². The third-order valence-electron chi connectivity index (χ3n) is 2.77. The zero-order valence-corrected chi connectivity index (χ0v) is 9.01. The first-order valence-electron chi connectivity index (χ1n) is 5.41. The maximum absolute atomic E-state index is 4.56. The van der Waals surface area contributed by atoms with Gasteiger partial charge in [-0.1, -0.05) is 0 Å². The molecule has 0 unspecified atom stereocenters. The lowest BCUT2D eigenvalue weighted by molar-refractivity contribution is 0.594. The van der Waals surface area contributed by atoms with Crippen LogP contribution in [0.15, 0.2) is 12.1 Å². The normalized spacial score (nSPS) is 21.4. The lowest BCUT2D eigenvalue weighted by atomic mass is 10.1. The van der Waals surface area contributed by atoms with Crippen molar-refractivity contribution in [1.82, 2.24) is 10.3 Å². The van der Waals surface area contributed by atoms with Crippen molar-refractivity contribution in [2.75, 3.05) is 6.54 Å². The van der Waals surface area contributed by atoms with E-state index >= 15 is 0 Å². The largest absolute Gasteiger partial charge is 0.314 e. The molecule has 0 bridgehead atoms. The molecule has 0 aliphatic carbocycles. The second-order valence-electron chi connectivity index (χ2n) is 4.27. The molecule has 0 saturated carbocycles. The second-order valence-corrected chi connectivity index (χ2v) is 4.27. The number of nitrogens with one attached hydrogen (secondary N) is 1. The van der Waals surface area contributed by atoms with Gasteiger partial charge in [0.1, 0.15) is 0 Å². The van der Waals surface area contributed by atoms with Gasteiger partial charge in [0.25, 0.3) is 0 Å². The average molecular weight is 190 g/mol. The predicted octanol–water partition coefficient (Wildman–Crippen LogP) is 1.99. The van der Waals surface area contributed by atoms with Gasteiger partial charge < -0.3 is 5.32 Å². The van der Waals surface area contributed by atoms with E-state index in [4.69, 9.17) is 0 Å². The fraction of sp³-hybridized carbons (Fsp3) is 0.583. The molecular formula is C12H18N2. The van der Waals surface area contributed by atoms with Crippen molar-refractivity contribution in [3.05, 3.63) is 29.1 Å². The van der Waals surface area contributed by atoms with E-state index in [2.05, 4.69) is 36.3 Å². The van der Waals surface area contributed by atoms with Gasteiger partial charge in [0, 0.05) is 23.9 Å². The third-order valence-corrected chi connectivity index (χ3v) is 2.77. The van der Waals surface area contributed by atoms with Crippen LogP contribution < -0.4 is 5.32 Å². The Morgan fingerprint density at radius 2 is 2.29 bits per heavy atom. The monoisotopic (exact) mass is 190 g/mol. The molecule has 0 spiro atoms. The van der Waals surface area contributed by atoms with Gasteiger partial charge in [0.2, 0.25) is 0 Å². The molecule has 0 amide bonds. The lowest BCUT2D eigenvalue weighted by Crippen LogP contribution is -2.24. The van der Waals surface area contributed by atoms with Crippen molar-refractivity contribution in [2.24, 2.45) is 0 Å². The summed E-state index contributed by atoms with van der Waals surface area (Å²) in [5, 5.41) is 3.50. The first-order chi connectivity index (χ1) is 6.74. The number of hydrogen-bond acceptors (Lipinski definition) is 2. The van der Waals surface area contributed by atoms with Gasteiger partial charge in [0.15, 0.2) is 0 Å². The van der Waals surface area contributed by atoms with Crippen LogP contribution in [-0.2, 0) is 6.42 Å². The van der Waals surface area contributed by atoms with E-state index in [-0.39, 0.29) is 0 Å². The molecule has 2 heteroatoms. The molecule has 2 rings (SSSR count). The topological polar surface area (TPSA) is 24.9 Å². The highest BCUT2D eigenvalue weighted by atomic mass is 14.9. The van der Waals surface area contributed by atoms with Crippen LogP contribution in [0.5, 0.6) is 0 Å². The summed E-state index contributed by atoms with van der Waals surface area (Å²) in [6.45, 7) is 5.38. The highest BCUT2D eigenvalue weighted by Crippen LogP contribution is 2.12. The Kier molecular flexibility index (Phi) is 2.82. The van der Waals surface area contributed by atoms with Gasteiger partial charge in [-0.3, -0.25) is 4.98 Å². The fourth-order valence-electron chi connectivity index (χ4n) is 2.21. The Balaban J connectivity index is 2.07. The molecule has 76 valence electrons. The summed E-state index contributed by atoms with van der Waals surface area (Å²) >= 11 is 0. The third kappa shape index (κ3) is 2.32. The molecule has 1 atom stereocenters. The van der Waals surface area contributed by atoms with Crippen LogP contribution in [0.25, 0.3) is 0 Å². The van der Waals surface area contributed by atoms with Gasteiger partial charge >= 0.3 is 0 Å². The number of aryl methyl sites for hydroxylation is 2. The predicted molar refractivity (Wildman–Crippen MR) is 58.4 cm³/mol. The molecule has 14 heavy (non-hydrogen) atoms. The molecule has 1 aliphatic rings. The smallest absolute Gasteiger partial charge is 0.0424 e. The molecular weight excluding hydrogens is 172 g/mol. The summed E-state index contributed by atoms with van der Waals surface area (Å²) in [5.74, 6) is 0. The van der Waals surface area contributed by atoms with Crippen molar-refractivity contribution in [3.63, 3.8) is 0 Å². The zero-order chi connectivity index (χ0) is 9.97. The number of rotatable bonds is 2. The van der Waals surface area contributed by atoms with E-state index in [0.717, 1.165) is 12.1 Å². The van der Waals surface area contributed by atoms with Crippen LogP contribution in [0.1, 0.15) is 29.8 Å². The van der Waals surface area contributed by atoms with Gasteiger partial charge in [-0.15, -0.1) is 0 Å². The molecule has 1 N–H and O–H groups in total. The summed E-state index contributed by atoms with van der Waals surface area (Å²) in [5.41, 5.74) is 3.70. The molecule has 1 aromatic rings. The highest BCUT2D eigenvalue weighted by Gasteiger charge is 2.14. The van der Waals surface area contributed by atoms with E-state index in [9.17, 15) is 0 Å². The number of hydrogen-bond donors (Lipinski definition) is 1. The maximum Gasteiger partial charge on any atom is 0.0424 e. The Morgan fingerprint density at radius 1 is 1.43 bits per heavy atom. The molecule has 0 aromatic carbocycles. The van der Waals surface area contributed by atoms with Crippen molar-refractivity contribution in [1.29, 1.82) is 0 Å². The molecule has 1 fully saturated rings. The van der Waals surface area contributed by atoms with E-state index in [1.54, 1.807) is 0 Å². The molecule has 1 saturated heterocycles. The maximum atomic E-state index is 4.56. The second kappa shape index (κ2) is 4.09. The van der Waals surface area contributed by atoms with Crippen molar-refractivity contribution in [3.8, 4) is 0 Å². The molecule has 1 aliphatic heterocycles. The Labute approximate surface area is 85.7 Å². The summed E-state index contributed by atoms with van der Waals surface area (Å²) < 4.78 is 0. The van der Waals surface area contributed by atoms with Gasteiger partial charge in [-0.05, 0) is 50.9 Å². The Bertz CT molecular complexity index is 294. The highest BCUT2D eigenvalue weighted by molar-refractivity contribution is 5.20.